The van der Waals surface area contributed by atoms with Crippen molar-refractivity contribution in [1.29, 1.82) is 0 Å². The van der Waals surface area contributed by atoms with Gasteiger partial charge in [0.05, 0.1) is 11.6 Å². The summed E-state index contributed by atoms with van der Waals surface area (Å²) in [4.78, 5) is 16.3. The first-order chi connectivity index (χ1) is 9.73. The van der Waals surface area contributed by atoms with Gasteiger partial charge in [0.1, 0.15) is 12.7 Å². The monoisotopic (exact) mass is 316 g/mol. The summed E-state index contributed by atoms with van der Waals surface area (Å²) >= 11 is 1.22. The van der Waals surface area contributed by atoms with Crippen molar-refractivity contribution in [2.45, 2.75) is 46.3 Å². The maximum absolute atomic E-state index is 11.8. The smallest absolute Gasteiger partial charge is 0.353 e. The van der Waals surface area contributed by atoms with Crippen LogP contribution >= 0.6 is 11.3 Å². The molecule has 1 atom stereocenters. The van der Waals surface area contributed by atoms with Crippen LogP contribution in [-0.2, 0) is 4.74 Å². The predicted octanol–water partition coefficient (Wildman–Crippen LogP) is 1.76. The molecule has 1 heterocycles. The fraction of sp³-hybridized carbons (Fsp3) is 0.714. The summed E-state index contributed by atoms with van der Waals surface area (Å²) in [7, 11) is 0. The second kappa shape index (κ2) is 7.72. The summed E-state index contributed by atoms with van der Waals surface area (Å²) in [5, 5.41) is 13.8. The molecule has 0 saturated heterocycles. The van der Waals surface area contributed by atoms with Crippen molar-refractivity contribution in [2.75, 3.05) is 19.8 Å². The Morgan fingerprint density at radius 3 is 2.71 bits per heavy atom. The quantitative estimate of drug-likeness (QED) is 0.746. The normalized spacial score (nSPS) is 13.0. The van der Waals surface area contributed by atoms with E-state index in [9.17, 15) is 9.90 Å². The number of aliphatic hydroxyl groups is 1. The van der Waals surface area contributed by atoms with Gasteiger partial charge in [-0.2, -0.15) is 0 Å². The lowest BCUT2D eigenvalue weighted by atomic mass is 10.1. The molecular formula is C14H24N2O4S. The molecule has 0 amide bonds. The second-order valence-electron chi connectivity index (χ2n) is 5.68. The van der Waals surface area contributed by atoms with Crippen molar-refractivity contribution < 1.29 is 19.4 Å². The van der Waals surface area contributed by atoms with Crippen LogP contribution in [0.3, 0.4) is 0 Å². The van der Waals surface area contributed by atoms with E-state index in [2.05, 4.69) is 10.3 Å². The highest BCUT2D eigenvalue weighted by atomic mass is 32.1. The first-order valence-electron chi connectivity index (χ1n) is 6.93. The minimum atomic E-state index is -0.679. The van der Waals surface area contributed by atoms with E-state index in [0.29, 0.717) is 18.0 Å². The van der Waals surface area contributed by atoms with Crippen LogP contribution in [0.1, 0.15) is 42.4 Å². The molecule has 2 N–H and O–H groups in total. The zero-order chi connectivity index (χ0) is 16.0. The van der Waals surface area contributed by atoms with E-state index in [-0.39, 0.29) is 18.0 Å². The van der Waals surface area contributed by atoms with Crippen molar-refractivity contribution >= 4 is 17.3 Å². The Morgan fingerprint density at radius 2 is 2.14 bits per heavy atom. The Bertz CT molecular complexity index is 468. The number of rotatable bonds is 7. The highest BCUT2D eigenvalue weighted by Gasteiger charge is 2.20. The molecule has 1 rings (SSSR count). The molecule has 120 valence electrons. The molecule has 0 aliphatic heterocycles. The molecule has 0 saturated carbocycles. The number of β-amino-alcohol motifs (C(OH)–C–C–N with tert-alkyl or cyclic N) is 1. The summed E-state index contributed by atoms with van der Waals surface area (Å²) in [5.74, 6) is -0.217. The van der Waals surface area contributed by atoms with E-state index >= 15 is 0 Å². The van der Waals surface area contributed by atoms with Gasteiger partial charge in [-0.15, -0.1) is 11.3 Å². The predicted molar refractivity (Wildman–Crippen MR) is 82.1 cm³/mol. The van der Waals surface area contributed by atoms with Gasteiger partial charge in [0.25, 0.3) is 0 Å². The van der Waals surface area contributed by atoms with Crippen molar-refractivity contribution in [2.24, 2.45) is 0 Å². The minimum Gasteiger partial charge on any atom is -0.474 e. The fourth-order valence-electron chi connectivity index (χ4n) is 1.49. The number of nitrogens with zero attached hydrogens (tertiary/aromatic N) is 1. The highest BCUT2D eigenvalue weighted by Crippen LogP contribution is 2.25. The number of carbonyl (C=O) groups excluding carboxylic acids is 1. The zero-order valence-electron chi connectivity index (χ0n) is 13.2. The number of carbonyl (C=O) groups is 1. The Morgan fingerprint density at radius 1 is 1.48 bits per heavy atom. The molecule has 0 radical (unpaired) electrons. The lowest BCUT2D eigenvalue weighted by Crippen LogP contribution is -2.42. The first kappa shape index (κ1) is 17.9. The summed E-state index contributed by atoms with van der Waals surface area (Å²) in [6.45, 7) is 10.4. The van der Waals surface area contributed by atoms with Crippen LogP contribution < -0.4 is 10.1 Å². The van der Waals surface area contributed by atoms with Crippen LogP contribution in [0.5, 0.6) is 5.88 Å². The number of ether oxygens (including phenoxy) is 2. The maximum atomic E-state index is 11.8. The van der Waals surface area contributed by atoms with Gasteiger partial charge in [-0.1, -0.05) is 0 Å². The van der Waals surface area contributed by atoms with Crippen LogP contribution in [0.15, 0.2) is 0 Å². The van der Waals surface area contributed by atoms with Gasteiger partial charge < -0.3 is 19.9 Å². The van der Waals surface area contributed by atoms with Crippen molar-refractivity contribution in [3.05, 3.63) is 9.88 Å². The molecule has 1 aromatic rings. The number of aliphatic hydroxyl groups excluding tert-OH is 1. The average molecular weight is 316 g/mol. The highest BCUT2D eigenvalue weighted by molar-refractivity contribution is 7.13. The van der Waals surface area contributed by atoms with Gasteiger partial charge in [-0.3, -0.25) is 0 Å². The SMILES string of the molecule is CCOC(=O)c1sc(C)nc1OC[C@@H](O)CNC(C)(C)C. The van der Waals surface area contributed by atoms with Crippen LogP contribution in [-0.4, -0.2) is 47.5 Å². The maximum Gasteiger partial charge on any atom is 0.353 e. The molecule has 1 aromatic heterocycles. The van der Waals surface area contributed by atoms with Gasteiger partial charge in [0.15, 0.2) is 4.88 Å². The average Bonchev–Trinajstić information content (AvgIpc) is 2.74. The fourth-order valence-corrected chi connectivity index (χ4v) is 2.25. The molecule has 0 aliphatic carbocycles. The first-order valence-corrected chi connectivity index (χ1v) is 7.75. The van der Waals surface area contributed by atoms with E-state index in [0.717, 1.165) is 5.01 Å². The lowest BCUT2D eigenvalue weighted by molar-refractivity contribution is 0.0520. The number of nitrogens with one attached hydrogen (secondary N) is 1. The molecule has 0 fully saturated rings. The van der Waals surface area contributed by atoms with Gasteiger partial charge in [0.2, 0.25) is 5.88 Å². The molecule has 0 spiro atoms. The summed E-state index contributed by atoms with van der Waals surface area (Å²) in [6.07, 6.45) is -0.679. The molecule has 0 bridgehead atoms. The van der Waals surface area contributed by atoms with Crippen LogP contribution in [0.25, 0.3) is 0 Å². The van der Waals surface area contributed by atoms with E-state index in [4.69, 9.17) is 9.47 Å². The Hall–Kier alpha value is -1.18. The van der Waals surface area contributed by atoms with Crippen LogP contribution in [0.4, 0.5) is 0 Å². The topological polar surface area (TPSA) is 80.7 Å². The van der Waals surface area contributed by atoms with E-state index in [1.54, 1.807) is 13.8 Å². The van der Waals surface area contributed by atoms with Gasteiger partial charge in [-0.25, -0.2) is 9.78 Å². The van der Waals surface area contributed by atoms with Gasteiger partial charge in [0, 0.05) is 12.1 Å². The molecule has 0 aliphatic rings. The van der Waals surface area contributed by atoms with E-state index in [1.807, 2.05) is 20.8 Å². The van der Waals surface area contributed by atoms with Crippen molar-refractivity contribution in [3.63, 3.8) is 0 Å². The standard InChI is InChI=1S/C14H24N2O4S/c1-6-19-13(18)11-12(16-9(2)21-11)20-8-10(17)7-15-14(3,4)5/h10,15,17H,6-8H2,1-5H3/t10-/m0/s1. The number of hydrogen-bond acceptors (Lipinski definition) is 7. The summed E-state index contributed by atoms with van der Waals surface area (Å²) in [5.41, 5.74) is -0.0751. The number of esters is 1. The lowest BCUT2D eigenvalue weighted by Gasteiger charge is -2.22. The van der Waals surface area contributed by atoms with Gasteiger partial charge in [-0.05, 0) is 34.6 Å². The minimum absolute atomic E-state index is 0.0681. The van der Waals surface area contributed by atoms with Crippen molar-refractivity contribution in [1.82, 2.24) is 10.3 Å². The summed E-state index contributed by atoms with van der Waals surface area (Å²) < 4.78 is 10.4. The van der Waals surface area contributed by atoms with Gasteiger partial charge >= 0.3 is 5.97 Å². The molecule has 0 aromatic carbocycles. The zero-order valence-corrected chi connectivity index (χ0v) is 14.0. The Balaban J connectivity index is 2.57. The third-order valence-electron chi connectivity index (χ3n) is 2.44. The third-order valence-corrected chi connectivity index (χ3v) is 3.38. The second-order valence-corrected chi connectivity index (χ2v) is 6.89. The summed E-state index contributed by atoms with van der Waals surface area (Å²) in [6, 6.07) is 0. The van der Waals surface area contributed by atoms with Crippen LogP contribution in [0.2, 0.25) is 0 Å². The molecule has 21 heavy (non-hydrogen) atoms. The Kier molecular flexibility index (Phi) is 6.57. The number of hydrogen-bond donors (Lipinski definition) is 2. The molecule has 6 nitrogen and oxygen atoms in total. The van der Waals surface area contributed by atoms with E-state index < -0.39 is 12.1 Å². The molecule has 7 heteroatoms. The molecular weight excluding hydrogens is 292 g/mol. The Labute approximate surface area is 129 Å². The number of thiazole rings is 1. The van der Waals surface area contributed by atoms with Crippen LogP contribution in [0, 0.1) is 6.92 Å². The van der Waals surface area contributed by atoms with Crippen molar-refractivity contribution in [3.8, 4) is 5.88 Å². The number of aryl methyl sites for hydroxylation is 1. The third kappa shape index (κ3) is 6.41. The molecule has 0 unspecified atom stereocenters. The van der Waals surface area contributed by atoms with E-state index in [1.165, 1.54) is 11.3 Å². The number of aromatic nitrogens is 1. The largest absolute Gasteiger partial charge is 0.474 e.